The van der Waals surface area contributed by atoms with Gasteiger partial charge >= 0.3 is 5.97 Å². The van der Waals surface area contributed by atoms with Crippen molar-refractivity contribution >= 4 is 17.8 Å². The minimum Gasteiger partial charge on any atom is -0.508 e. The van der Waals surface area contributed by atoms with E-state index in [1.54, 1.807) is 26.0 Å². The summed E-state index contributed by atoms with van der Waals surface area (Å²) < 4.78 is 0. The normalized spacial score (nSPS) is 14.4. The molecule has 0 bridgehead atoms. The molecule has 0 fully saturated rings. The summed E-state index contributed by atoms with van der Waals surface area (Å²) in [5.41, 5.74) is 6.49. The van der Waals surface area contributed by atoms with Crippen LogP contribution < -0.4 is 16.4 Å². The van der Waals surface area contributed by atoms with Gasteiger partial charge in [0.25, 0.3) is 0 Å². The lowest BCUT2D eigenvalue weighted by molar-refractivity contribution is -0.142. The van der Waals surface area contributed by atoms with Crippen LogP contribution >= 0.6 is 0 Å². The Hall–Kier alpha value is -2.61. The molecule has 1 aromatic rings. The van der Waals surface area contributed by atoms with E-state index in [0.29, 0.717) is 12.0 Å². The minimum atomic E-state index is -1.19. The number of phenols is 1. The van der Waals surface area contributed by atoms with Crippen molar-refractivity contribution in [2.24, 2.45) is 17.6 Å². The molecule has 0 aromatic heterocycles. The highest BCUT2D eigenvalue weighted by Gasteiger charge is 2.29. The van der Waals surface area contributed by atoms with Crippen molar-refractivity contribution in [3.8, 4) is 5.75 Å². The summed E-state index contributed by atoms with van der Waals surface area (Å²) in [6, 6.07) is 3.28. The number of amides is 2. The number of aliphatic carboxylic acids is 1. The highest BCUT2D eigenvalue weighted by molar-refractivity contribution is 5.91. The monoisotopic (exact) mass is 393 g/mol. The molecular formula is C20H31N3O5. The van der Waals surface area contributed by atoms with Crippen molar-refractivity contribution < 1.29 is 24.6 Å². The number of carbonyl (C=O) groups is 3. The standard InChI is InChI=1S/C20H31N3O5/c1-11(2)9-15(22-19(26)17(21)12(3)4)18(25)23-16(20(27)28)10-13-5-7-14(24)8-6-13/h5-8,11-12,15-17,24H,9-10,21H2,1-4H3,(H,22,26)(H,23,25)(H,27,28)/t15-,16-,17-/m0/s1. The van der Waals surface area contributed by atoms with Crippen LogP contribution in [0.25, 0.3) is 0 Å². The predicted octanol–water partition coefficient (Wildman–Crippen LogP) is 1.02. The zero-order valence-electron chi connectivity index (χ0n) is 16.8. The first kappa shape index (κ1) is 23.4. The number of carboxylic acids is 1. The summed E-state index contributed by atoms with van der Waals surface area (Å²) in [4.78, 5) is 36.6. The molecular weight excluding hydrogens is 362 g/mol. The van der Waals surface area contributed by atoms with Crippen molar-refractivity contribution in [2.75, 3.05) is 0 Å². The molecule has 0 spiro atoms. The molecule has 8 heteroatoms. The fraction of sp³-hybridized carbons (Fsp3) is 0.550. The number of rotatable bonds is 10. The molecule has 0 saturated heterocycles. The van der Waals surface area contributed by atoms with Crippen LogP contribution in [0.15, 0.2) is 24.3 Å². The van der Waals surface area contributed by atoms with Gasteiger partial charge in [-0.05, 0) is 36.0 Å². The molecule has 0 saturated carbocycles. The smallest absolute Gasteiger partial charge is 0.326 e. The average Bonchev–Trinajstić information content (AvgIpc) is 2.60. The van der Waals surface area contributed by atoms with E-state index in [2.05, 4.69) is 10.6 Å². The maximum absolute atomic E-state index is 12.7. The molecule has 0 heterocycles. The summed E-state index contributed by atoms with van der Waals surface area (Å²) in [5.74, 6) is -2.11. The topological polar surface area (TPSA) is 142 Å². The second kappa shape index (κ2) is 10.7. The van der Waals surface area contributed by atoms with E-state index in [4.69, 9.17) is 5.73 Å². The molecule has 0 aliphatic heterocycles. The molecule has 0 aliphatic carbocycles. The second-order valence-corrected chi connectivity index (χ2v) is 7.73. The van der Waals surface area contributed by atoms with Crippen molar-refractivity contribution in [3.63, 3.8) is 0 Å². The number of phenolic OH excluding ortho intramolecular Hbond substituents is 1. The lowest BCUT2D eigenvalue weighted by Gasteiger charge is -2.25. The Morgan fingerprint density at radius 1 is 0.964 bits per heavy atom. The Morgan fingerprint density at radius 3 is 1.96 bits per heavy atom. The van der Waals surface area contributed by atoms with Gasteiger partial charge in [-0.2, -0.15) is 0 Å². The quantitative estimate of drug-likeness (QED) is 0.402. The number of hydrogen-bond acceptors (Lipinski definition) is 5. The van der Waals surface area contributed by atoms with Gasteiger partial charge in [0.15, 0.2) is 0 Å². The average molecular weight is 393 g/mol. The lowest BCUT2D eigenvalue weighted by atomic mass is 9.99. The zero-order valence-corrected chi connectivity index (χ0v) is 16.8. The molecule has 0 radical (unpaired) electrons. The summed E-state index contributed by atoms with van der Waals surface area (Å²) in [5, 5.41) is 24.0. The summed E-state index contributed by atoms with van der Waals surface area (Å²) in [6.45, 7) is 7.42. The Morgan fingerprint density at radius 2 is 1.50 bits per heavy atom. The van der Waals surface area contributed by atoms with Gasteiger partial charge in [-0.25, -0.2) is 4.79 Å². The SMILES string of the molecule is CC(C)C[C@H](NC(=O)[C@@H](N)C(C)C)C(=O)N[C@@H](Cc1ccc(O)cc1)C(=O)O. The molecule has 0 unspecified atom stereocenters. The Bertz CT molecular complexity index is 673. The maximum Gasteiger partial charge on any atom is 0.326 e. The fourth-order valence-electron chi connectivity index (χ4n) is 2.61. The van der Waals surface area contributed by atoms with Gasteiger partial charge in [-0.1, -0.05) is 39.8 Å². The summed E-state index contributed by atoms with van der Waals surface area (Å²) >= 11 is 0. The number of aromatic hydroxyl groups is 1. The van der Waals surface area contributed by atoms with Crippen LogP contribution in [0.2, 0.25) is 0 Å². The van der Waals surface area contributed by atoms with Crippen molar-refractivity contribution in [2.45, 2.75) is 58.7 Å². The third kappa shape index (κ3) is 7.56. The first-order chi connectivity index (χ1) is 13.0. The number of nitrogens with two attached hydrogens (primary N) is 1. The largest absolute Gasteiger partial charge is 0.508 e. The third-order valence-corrected chi connectivity index (χ3v) is 4.35. The fourth-order valence-corrected chi connectivity index (χ4v) is 2.61. The van der Waals surface area contributed by atoms with Crippen LogP contribution in [0.3, 0.4) is 0 Å². The van der Waals surface area contributed by atoms with Crippen molar-refractivity contribution in [1.29, 1.82) is 0 Å². The summed E-state index contributed by atoms with van der Waals surface area (Å²) in [7, 11) is 0. The minimum absolute atomic E-state index is 0.0508. The molecule has 0 aliphatic rings. The predicted molar refractivity (Wildman–Crippen MR) is 106 cm³/mol. The van der Waals surface area contributed by atoms with Crippen molar-refractivity contribution in [3.05, 3.63) is 29.8 Å². The number of carbonyl (C=O) groups excluding carboxylic acids is 2. The van der Waals surface area contributed by atoms with E-state index in [1.165, 1.54) is 12.1 Å². The highest BCUT2D eigenvalue weighted by Crippen LogP contribution is 2.12. The highest BCUT2D eigenvalue weighted by atomic mass is 16.4. The van der Waals surface area contributed by atoms with Crippen LogP contribution in [0.4, 0.5) is 0 Å². The first-order valence-corrected chi connectivity index (χ1v) is 9.38. The number of nitrogens with one attached hydrogen (secondary N) is 2. The molecule has 28 heavy (non-hydrogen) atoms. The van der Waals surface area contributed by atoms with Gasteiger partial charge in [-0.15, -0.1) is 0 Å². The number of carboxylic acid groups (broad SMARTS) is 1. The molecule has 6 N–H and O–H groups in total. The number of benzene rings is 1. The van der Waals surface area contributed by atoms with Gasteiger partial charge in [0, 0.05) is 6.42 Å². The maximum atomic E-state index is 12.7. The summed E-state index contributed by atoms with van der Waals surface area (Å²) in [6.07, 6.45) is 0.406. The van der Waals surface area contributed by atoms with Crippen LogP contribution in [0, 0.1) is 11.8 Å². The molecule has 3 atom stereocenters. The van der Waals surface area contributed by atoms with Gasteiger partial charge < -0.3 is 26.6 Å². The second-order valence-electron chi connectivity index (χ2n) is 7.73. The van der Waals surface area contributed by atoms with Gasteiger partial charge in [-0.3, -0.25) is 9.59 Å². The zero-order chi connectivity index (χ0) is 21.4. The van der Waals surface area contributed by atoms with Gasteiger partial charge in [0.05, 0.1) is 6.04 Å². The Balaban J connectivity index is 2.88. The van der Waals surface area contributed by atoms with Crippen LogP contribution in [0.5, 0.6) is 5.75 Å². The van der Waals surface area contributed by atoms with Crippen molar-refractivity contribution in [1.82, 2.24) is 10.6 Å². The molecule has 8 nitrogen and oxygen atoms in total. The number of hydrogen-bond donors (Lipinski definition) is 5. The molecule has 1 aromatic carbocycles. The molecule has 2 amide bonds. The Labute approximate surface area is 165 Å². The third-order valence-electron chi connectivity index (χ3n) is 4.35. The van der Waals surface area contributed by atoms with Crippen LogP contribution in [0.1, 0.15) is 39.7 Å². The van der Waals surface area contributed by atoms with Crippen LogP contribution in [-0.2, 0) is 20.8 Å². The van der Waals surface area contributed by atoms with E-state index in [1.807, 2.05) is 13.8 Å². The van der Waals surface area contributed by atoms with E-state index < -0.39 is 35.9 Å². The van der Waals surface area contributed by atoms with E-state index in [-0.39, 0.29) is 24.0 Å². The molecule has 1 rings (SSSR count). The van der Waals surface area contributed by atoms with Gasteiger partial charge in [0.1, 0.15) is 17.8 Å². The van der Waals surface area contributed by atoms with Gasteiger partial charge in [0.2, 0.25) is 11.8 Å². The van der Waals surface area contributed by atoms with E-state index >= 15 is 0 Å². The van der Waals surface area contributed by atoms with E-state index in [0.717, 1.165) is 0 Å². The first-order valence-electron chi connectivity index (χ1n) is 9.38. The van der Waals surface area contributed by atoms with E-state index in [9.17, 15) is 24.6 Å². The Kier molecular flexibility index (Phi) is 8.91. The van der Waals surface area contributed by atoms with Crippen LogP contribution in [-0.4, -0.2) is 46.1 Å². The molecule has 156 valence electrons. The lowest BCUT2D eigenvalue weighted by Crippen LogP contribution is -2.55.